The fourth-order valence-corrected chi connectivity index (χ4v) is 2.70. The second kappa shape index (κ2) is 6.44. The van der Waals surface area contributed by atoms with Crippen LogP contribution < -0.4 is 10.2 Å². The largest absolute Gasteiger partial charge is 0.444 e. The molecule has 0 spiro atoms. The average molecular weight is 370 g/mol. The number of rotatable bonds is 5. The van der Waals surface area contributed by atoms with E-state index < -0.39 is 5.60 Å². The molecule has 0 aromatic carbocycles. The maximum atomic E-state index is 11.8. The summed E-state index contributed by atoms with van der Waals surface area (Å²) in [7, 11) is 2.05. The second-order valence-corrected chi connectivity index (χ2v) is 7.99. The van der Waals surface area contributed by atoms with Crippen LogP contribution in [0.1, 0.15) is 33.6 Å². The van der Waals surface area contributed by atoms with Gasteiger partial charge in [-0.1, -0.05) is 0 Å². The van der Waals surface area contributed by atoms with Crippen LogP contribution in [0.3, 0.4) is 0 Å². The number of hydrogen-bond acceptors (Lipinski definition) is 4. The minimum atomic E-state index is -0.459. The van der Waals surface area contributed by atoms with E-state index in [-0.39, 0.29) is 11.5 Å². The van der Waals surface area contributed by atoms with Gasteiger partial charge in [0.2, 0.25) is 0 Å². The molecule has 6 heteroatoms. The van der Waals surface area contributed by atoms with Gasteiger partial charge in [0, 0.05) is 36.2 Å². The summed E-state index contributed by atoms with van der Waals surface area (Å²) in [6, 6.07) is 2.05. The third kappa shape index (κ3) is 5.16. The van der Waals surface area contributed by atoms with E-state index in [9.17, 15) is 4.79 Å². The minimum Gasteiger partial charge on any atom is -0.444 e. The molecule has 1 heterocycles. The van der Waals surface area contributed by atoms with Crippen molar-refractivity contribution in [3.8, 4) is 0 Å². The van der Waals surface area contributed by atoms with Crippen molar-refractivity contribution in [1.29, 1.82) is 0 Å². The lowest BCUT2D eigenvalue weighted by atomic mass is 10.1. The SMILES string of the molecule is CN(CC1(CNC(=O)OC(C)(C)C)CC1)c1cncc(Br)c1. The highest BCUT2D eigenvalue weighted by atomic mass is 79.9. The monoisotopic (exact) mass is 369 g/mol. The average Bonchev–Trinajstić information content (AvgIpc) is 3.15. The molecule has 1 aromatic heterocycles. The van der Waals surface area contributed by atoms with Gasteiger partial charge >= 0.3 is 6.09 Å². The number of anilines is 1. The fourth-order valence-electron chi connectivity index (χ4n) is 2.35. The Morgan fingerprint density at radius 1 is 1.45 bits per heavy atom. The van der Waals surface area contributed by atoms with E-state index in [1.165, 1.54) is 0 Å². The van der Waals surface area contributed by atoms with Crippen molar-refractivity contribution in [2.24, 2.45) is 5.41 Å². The Balaban J connectivity index is 1.86. The Kier molecular flexibility index (Phi) is 5.00. The first-order valence-electron chi connectivity index (χ1n) is 7.48. The zero-order valence-electron chi connectivity index (χ0n) is 13.6. The van der Waals surface area contributed by atoms with E-state index in [2.05, 4.69) is 38.2 Å². The van der Waals surface area contributed by atoms with Gasteiger partial charge in [-0.25, -0.2) is 4.79 Å². The summed E-state index contributed by atoms with van der Waals surface area (Å²) in [6.45, 7) is 7.14. The molecule has 1 aliphatic carbocycles. The van der Waals surface area contributed by atoms with Gasteiger partial charge in [0.05, 0.1) is 11.9 Å². The normalized spacial score (nSPS) is 16.0. The summed E-state index contributed by atoms with van der Waals surface area (Å²) >= 11 is 3.44. The molecule has 0 radical (unpaired) electrons. The molecular formula is C16H24BrN3O2. The summed E-state index contributed by atoms with van der Waals surface area (Å²) in [5.41, 5.74) is 0.756. The summed E-state index contributed by atoms with van der Waals surface area (Å²) in [6.07, 6.45) is 5.52. The first-order valence-corrected chi connectivity index (χ1v) is 8.27. The molecule has 1 aliphatic rings. The van der Waals surface area contributed by atoms with Crippen molar-refractivity contribution in [1.82, 2.24) is 10.3 Å². The Morgan fingerprint density at radius 2 is 2.14 bits per heavy atom. The molecule has 1 saturated carbocycles. The van der Waals surface area contributed by atoms with Crippen LogP contribution >= 0.6 is 15.9 Å². The number of carbonyl (C=O) groups excluding carboxylic acids is 1. The minimum absolute atomic E-state index is 0.147. The highest BCUT2D eigenvalue weighted by Crippen LogP contribution is 2.46. The first kappa shape index (κ1) is 17.1. The van der Waals surface area contributed by atoms with E-state index in [0.717, 1.165) is 29.5 Å². The highest BCUT2D eigenvalue weighted by molar-refractivity contribution is 9.10. The summed E-state index contributed by atoms with van der Waals surface area (Å²) in [5.74, 6) is 0. The van der Waals surface area contributed by atoms with Crippen molar-refractivity contribution >= 4 is 27.7 Å². The molecular weight excluding hydrogens is 346 g/mol. The standard InChI is InChI=1S/C16H24BrN3O2/c1-15(2,3)22-14(21)19-10-16(5-6-16)11-20(4)13-7-12(17)8-18-9-13/h7-9H,5-6,10-11H2,1-4H3,(H,19,21). The van der Waals surface area contributed by atoms with E-state index in [4.69, 9.17) is 4.74 Å². The molecule has 1 amide bonds. The zero-order chi connectivity index (χ0) is 16.4. The smallest absolute Gasteiger partial charge is 0.407 e. The Hall–Kier alpha value is -1.30. The van der Waals surface area contributed by atoms with Gasteiger partial charge in [0.25, 0.3) is 0 Å². The van der Waals surface area contributed by atoms with Crippen molar-refractivity contribution in [2.45, 2.75) is 39.2 Å². The van der Waals surface area contributed by atoms with E-state index in [0.29, 0.717) is 6.54 Å². The number of nitrogens with zero attached hydrogens (tertiary/aromatic N) is 2. The van der Waals surface area contributed by atoms with Crippen LogP contribution in [0.15, 0.2) is 22.9 Å². The van der Waals surface area contributed by atoms with Gasteiger partial charge in [-0.05, 0) is 55.6 Å². The van der Waals surface area contributed by atoms with Crippen LogP contribution in [0.2, 0.25) is 0 Å². The molecule has 0 atom stereocenters. The van der Waals surface area contributed by atoms with Gasteiger partial charge in [-0.3, -0.25) is 4.98 Å². The molecule has 0 bridgehead atoms. The van der Waals surface area contributed by atoms with Crippen LogP contribution in [0.5, 0.6) is 0 Å². The molecule has 0 saturated heterocycles. The lowest BCUT2D eigenvalue weighted by molar-refractivity contribution is 0.0517. The third-order valence-electron chi connectivity index (χ3n) is 3.67. The molecule has 22 heavy (non-hydrogen) atoms. The van der Waals surface area contributed by atoms with Crippen LogP contribution in [0.4, 0.5) is 10.5 Å². The first-order chi connectivity index (χ1) is 10.2. The van der Waals surface area contributed by atoms with Gasteiger partial charge in [0.1, 0.15) is 5.60 Å². The molecule has 2 rings (SSSR count). The molecule has 1 N–H and O–H groups in total. The summed E-state index contributed by atoms with van der Waals surface area (Å²) < 4.78 is 6.25. The summed E-state index contributed by atoms with van der Waals surface area (Å²) in [5, 5.41) is 2.90. The molecule has 5 nitrogen and oxygen atoms in total. The van der Waals surface area contributed by atoms with Gasteiger partial charge in [-0.15, -0.1) is 0 Å². The molecule has 122 valence electrons. The molecule has 0 unspecified atom stereocenters. The molecule has 1 fully saturated rings. The highest BCUT2D eigenvalue weighted by Gasteiger charge is 2.44. The van der Waals surface area contributed by atoms with Crippen LogP contribution in [-0.2, 0) is 4.74 Å². The Morgan fingerprint density at radius 3 is 2.68 bits per heavy atom. The number of aromatic nitrogens is 1. The fraction of sp³-hybridized carbons (Fsp3) is 0.625. The third-order valence-corrected chi connectivity index (χ3v) is 4.10. The number of carbonyl (C=O) groups is 1. The maximum Gasteiger partial charge on any atom is 0.407 e. The Bertz CT molecular complexity index is 538. The number of pyridine rings is 1. The lowest BCUT2D eigenvalue weighted by Gasteiger charge is -2.26. The second-order valence-electron chi connectivity index (χ2n) is 7.07. The maximum absolute atomic E-state index is 11.8. The van der Waals surface area contributed by atoms with Gasteiger partial charge in [0.15, 0.2) is 0 Å². The van der Waals surface area contributed by atoms with Crippen molar-refractivity contribution in [3.63, 3.8) is 0 Å². The van der Waals surface area contributed by atoms with E-state index >= 15 is 0 Å². The lowest BCUT2D eigenvalue weighted by Crippen LogP contribution is -2.39. The van der Waals surface area contributed by atoms with Crippen LogP contribution in [0, 0.1) is 5.41 Å². The number of nitrogens with one attached hydrogen (secondary N) is 1. The number of halogens is 1. The molecule has 0 aliphatic heterocycles. The number of amides is 1. The van der Waals surface area contributed by atoms with E-state index in [1.54, 1.807) is 6.20 Å². The quantitative estimate of drug-likeness (QED) is 0.861. The van der Waals surface area contributed by atoms with Crippen LogP contribution in [-0.4, -0.2) is 36.8 Å². The van der Waals surface area contributed by atoms with Crippen LogP contribution in [0.25, 0.3) is 0 Å². The number of ether oxygens (including phenoxy) is 1. The zero-order valence-corrected chi connectivity index (χ0v) is 15.2. The predicted octanol–water partition coefficient (Wildman–Crippen LogP) is 3.59. The Labute approximate surface area is 140 Å². The topological polar surface area (TPSA) is 54.5 Å². The van der Waals surface area contributed by atoms with Gasteiger partial charge < -0.3 is 15.0 Å². The number of hydrogen-bond donors (Lipinski definition) is 1. The van der Waals surface area contributed by atoms with Crippen molar-refractivity contribution in [3.05, 3.63) is 22.9 Å². The molecule has 1 aromatic rings. The van der Waals surface area contributed by atoms with Gasteiger partial charge in [-0.2, -0.15) is 0 Å². The van der Waals surface area contributed by atoms with E-state index in [1.807, 2.05) is 33.0 Å². The summed E-state index contributed by atoms with van der Waals surface area (Å²) in [4.78, 5) is 18.1. The van der Waals surface area contributed by atoms with Crippen molar-refractivity contribution in [2.75, 3.05) is 25.0 Å². The number of alkyl carbamates (subject to hydrolysis) is 1. The predicted molar refractivity (Wildman–Crippen MR) is 91.1 cm³/mol. The van der Waals surface area contributed by atoms with Crippen molar-refractivity contribution < 1.29 is 9.53 Å².